The van der Waals surface area contributed by atoms with Gasteiger partial charge >= 0.3 is 0 Å². The van der Waals surface area contributed by atoms with E-state index in [9.17, 15) is 0 Å². The summed E-state index contributed by atoms with van der Waals surface area (Å²) in [4.78, 5) is 4.86. The molecule has 7 nitrogen and oxygen atoms in total. The number of hydrogen-bond donors (Lipinski definition) is 0. The summed E-state index contributed by atoms with van der Waals surface area (Å²) in [5.74, 6) is 3.72. The second-order valence-corrected chi connectivity index (χ2v) is 7.57. The summed E-state index contributed by atoms with van der Waals surface area (Å²) in [5.41, 5.74) is 0. The Hall–Kier alpha value is -2.02. The predicted octanol–water partition coefficient (Wildman–Crippen LogP) is 2.37. The minimum Gasteiger partial charge on any atom is -0.355 e. The first-order valence-electron chi connectivity index (χ1n) is 9.94. The molecule has 2 saturated heterocycles. The van der Waals surface area contributed by atoms with E-state index in [2.05, 4.69) is 41.8 Å². The second kappa shape index (κ2) is 8.12. The number of rotatable bonds is 4. The number of hydrogen-bond acceptors (Lipinski definition) is 6. The van der Waals surface area contributed by atoms with Crippen LogP contribution >= 0.6 is 0 Å². The molecule has 0 bridgehead atoms. The van der Waals surface area contributed by atoms with E-state index in [1.54, 1.807) is 6.20 Å². The highest BCUT2D eigenvalue weighted by molar-refractivity contribution is 5.37. The second-order valence-electron chi connectivity index (χ2n) is 7.57. The SMILES string of the molecule is Cn1c(CN2CCCCCC2)nnc1C1CCN(c2cccnn2)CC1. The Bertz CT molecular complexity index is 683. The van der Waals surface area contributed by atoms with Gasteiger partial charge in [0.05, 0.1) is 6.54 Å². The fourth-order valence-electron chi connectivity index (χ4n) is 4.19. The number of likely N-dealkylation sites (tertiary alicyclic amines) is 1. The van der Waals surface area contributed by atoms with Crippen LogP contribution in [0.1, 0.15) is 56.1 Å². The zero-order valence-electron chi connectivity index (χ0n) is 15.7. The van der Waals surface area contributed by atoms with Gasteiger partial charge in [0, 0.05) is 32.3 Å². The van der Waals surface area contributed by atoms with E-state index in [4.69, 9.17) is 0 Å². The van der Waals surface area contributed by atoms with Crippen molar-refractivity contribution in [3.63, 3.8) is 0 Å². The Morgan fingerprint density at radius 1 is 0.962 bits per heavy atom. The van der Waals surface area contributed by atoms with Crippen molar-refractivity contribution in [2.75, 3.05) is 31.1 Å². The summed E-state index contributed by atoms with van der Waals surface area (Å²) in [6.45, 7) is 5.31. The Kier molecular flexibility index (Phi) is 5.43. The molecule has 0 aromatic carbocycles. The summed E-state index contributed by atoms with van der Waals surface area (Å²) in [6.07, 6.45) is 9.26. The van der Waals surface area contributed by atoms with E-state index in [-0.39, 0.29) is 0 Å². The van der Waals surface area contributed by atoms with Gasteiger partial charge in [0.15, 0.2) is 5.82 Å². The van der Waals surface area contributed by atoms with Gasteiger partial charge < -0.3 is 9.47 Å². The topological polar surface area (TPSA) is 63.0 Å². The maximum atomic E-state index is 4.57. The molecule has 4 rings (SSSR count). The Morgan fingerprint density at radius 2 is 1.73 bits per heavy atom. The standard InChI is InChI=1S/C19H29N7/c1-24-18(15-25-11-4-2-3-5-12-25)22-23-19(24)16-8-13-26(14-9-16)17-7-6-10-20-21-17/h6-7,10,16H,2-5,8-9,11-15H2,1H3. The Morgan fingerprint density at radius 3 is 2.42 bits per heavy atom. The fourth-order valence-corrected chi connectivity index (χ4v) is 4.19. The first-order valence-corrected chi connectivity index (χ1v) is 9.94. The molecule has 0 atom stereocenters. The molecule has 2 fully saturated rings. The maximum Gasteiger partial charge on any atom is 0.151 e. The molecule has 140 valence electrons. The van der Waals surface area contributed by atoms with Gasteiger partial charge in [-0.2, -0.15) is 5.10 Å². The van der Waals surface area contributed by atoms with Crippen molar-refractivity contribution in [1.29, 1.82) is 0 Å². The molecule has 0 aliphatic carbocycles. The van der Waals surface area contributed by atoms with E-state index in [0.29, 0.717) is 5.92 Å². The van der Waals surface area contributed by atoms with Crippen LogP contribution in [0.15, 0.2) is 18.3 Å². The minimum absolute atomic E-state index is 0.485. The summed E-state index contributed by atoms with van der Waals surface area (Å²) >= 11 is 0. The molecule has 0 radical (unpaired) electrons. The quantitative estimate of drug-likeness (QED) is 0.839. The van der Waals surface area contributed by atoms with Crippen LogP contribution in [-0.2, 0) is 13.6 Å². The molecule has 2 aromatic heterocycles. The van der Waals surface area contributed by atoms with Gasteiger partial charge in [0.25, 0.3) is 0 Å². The number of aromatic nitrogens is 5. The molecule has 2 aliphatic rings. The van der Waals surface area contributed by atoms with Crippen LogP contribution in [0, 0.1) is 0 Å². The van der Waals surface area contributed by atoms with Crippen molar-refractivity contribution in [2.45, 2.75) is 51.0 Å². The molecule has 26 heavy (non-hydrogen) atoms. The number of anilines is 1. The van der Waals surface area contributed by atoms with Gasteiger partial charge in [-0.25, -0.2) is 0 Å². The van der Waals surface area contributed by atoms with Crippen LogP contribution in [0.3, 0.4) is 0 Å². The van der Waals surface area contributed by atoms with Crippen molar-refractivity contribution in [2.24, 2.45) is 7.05 Å². The van der Waals surface area contributed by atoms with E-state index < -0.39 is 0 Å². The van der Waals surface area contributed by atoms with Crippen LogP contribution in [-0.4, -0.2) is 56.0 Å². The largest absolute Gasteiger partial charge is 0.355 e. The normalized spacial score (nSPS) is 20.3. The summed E-state index contributed by atoms with van der Waals surface area (Å²) < 4.78 is 2.24. The smallest absolute Gasteiger partial charge is 0.151 e. The molecule has 2 aromatic rings. The van der Waals surface area contributed by atoms with Crippen molar-refractivity contribution >= 4 is 5.82 Å². The average molecular weight is 355 g/mol. The lowest BCUT2D eigenvalue weighted by Gasteiger charge is -2.32. The van der Waals surface area contributed by atoms with E-state index >= 15 is 0 Å². The molecule has 0 unspecified atom stereocenters. The highest BCUT2D eigenvalue weighted by Crippen LogP contribution is 2.28. The van der Waals surface area contributed by atoms with E-state index in [0.717, 1.165) is 49.9 Å². The fraction of sp³-hybridized carbons (Fsp3) is 0.684. The van der Waals surface area contributed by atoms with Crippen LogP contribution < -0.4 is 4.90 Å². The van der Waals surface area contributed by atoms with Crippen molar-refractivity contribution in [3.8, 4) is 0 Å². The predicted molar refractivity (Wildman–Crippen MR) is 101 cm³/mol. The monoisotopic (exact) mass is 355 g/mol. The molecule has 4 heterocycles. The summed E-state index contributed by atoms with van der Waals surface area (Å²) in [6, 6.07) is 3.99. The van der Waals surface area contributed by atoms with Crippen LogP contribution in [0.5, 0.6) is 0 Å². The Balaban J connectivity index is 1.37. The van der Waals surface area contributed by atoms with Gasteiger partial charge in [0.2, 0.25) is 0 Å². The molecule has 2 aliphatic heterocycles. The number of nitrogens with zero attached hydrogens (tertiary/aromatic N) is 7. The molecule has 7 heteroatoms. The lowest BCUT2D eigenvalue weighted by molar-refractivity contribution is 0.266. The van der Waals surface area contributed by atoms with E-state index in [1.807, 2.05) is 12.1 Å². The van der Waals surface area contributed by atoms with Crippen LogP contribution in [0.25, 0.3) is 0 Å². The average Bonchev–Trinajstić information content (AvgIpc) is 2.88. The van der Waals surface area contributed by atoms with Crippen LogP contribution in [0.4, 0.5) is 5.82 Å². The molecular weight excluding hydrogens is 326 g/mol. The molecule has 0 N–H and O–H groups in total. The zero-order chi connectivity index (χ0) is 17.8. The van der Waals surface area contributed by atoms with Crippen molar-refractivity contribution < 1.29 is 0 Å². The third-order valence-corrected chi connectivity index (χ3v) is 5.80. The summed E-state index contributed by atoms with van der Waals surface area (Å²) in [5, 5.41) is 17.3. The first-order chi connectivity index (χ1) is 12.8. The van der Waals surface area contributed by atoms with Gasteiger partial charge in [-0.05, 0) is 50.9 Å². The van der Waals surface area contributed by atoms with Crippen LogP contribution in [0.2, 0.25) is 0 Å². The van der Waals surface area contributed by atoms with Gasteiger partial charge in [-0.1, -0.05) is 12.8 Å². The van der Waals surface area contributed by atoms with Gasteiger partial charge in [-0.3, -0.25) is 4.90 Å². The number of piperidine rings is 1. The Labute approximate surface area is 155 Å². The van der Waals surface area contributed by atoms with Gasteiger partial charge in [-0.15, -0.1) is 15.3 Å². The maximum absolute atomic E-state index is 4.57. The molecule has 0 amide bonds. The lowest BCUT2D eigenvalue weighted by Crippen LogP contribution is -2.34. The third kappa shape index (κ3) is 3.87. The first kappa shape index (κ1) is 17.4. The van der Waals surface area contributed by atoms with E-state index in [1.165, 1.54) is 38.8 Å². The molecular formula is C19H29N7. The molecule has 0 saturated carbocycles. The third-order valence-electron chi connectivity index (χ3n) is 5.80. The van der Waals surface area contributed by atoms with Gasteiger partial charge in [0.1, 0.15) is 11.6 Å². The highest BCUT2D eigenvalue weighted by Gasteiger charge is 2.26. The highest BCUT2D eigenvalue weighted by atomic mass is 15.3. The van der Waals surface area contributed by atoms with Crippen molar-refractivity contribution in [1.82, 2.24) is 29.9 Å². The lowest BCUT2D eigenvalue weighted by atomic mass is 9.96. The van der Waals surface area contributed by atoms with Crippen molar-refractivity contribution in [3.05, 3.63) is 30.0 Å². The molecule has 0 spiro atoms. The minimum atomic E-state index is 0.485. The summed E-state index contributed by atoms with van der Waals surface area (Å²) in [7, 11) is 2.14. The zero-order valence-corrected chi connectivity index (χ0v) is 15.7.